The van der Waals surface area contributed by atoms with Crippen molar-refractivity contribution in [2.24, 2.45) is 0 Å². The van der Waals surface area contributed by atoms with Gasteiger partial charge in [0.1, 0.15) is 11.9 Å². The number of non-ortho nitro benzene ring substituents is 1. The summed E-state index contributed by atoms with van der Waals surface area (Å²) in [6, 6.07) is 22.9. The lowest BCUT2D eigenvalue weighted by molar-refractivity contribution is -0.384. The lowest BCUT2D eigenvalue weighted by atomic mass is 10.1. The molecule has 0 fully saturated rings. The number of hydrogen-bond acceptors (Lipinski definition) is 5. The molecule has 0 aliphatic heterocycles. The Kier molecular flexibility index (Phi) is 6.03. The van der Waals surface area contributed by atoms with Crippen molar-refractivity contribution in [2.75, 3.05) is 6.54 Å². The van der Waals surface area contributed by atoms with Crippen molar-refractivity contribution in [1.82, 2.24) is 4.72 Å². The topological polar surface area (TPSA) is 98.5 Å². The minimum absolute atomic E-state index is 0.00176. The first-order valence-corrected chi connectivity index (χ1v) is 9.95. The van der Waals surface area contributed by atoms with Crippen LogP contribution in [0.15, 0.2) is 89.8 Å². The predicted molar refractivity (Wildman–Crippen MR) is 105 cm³/mol. The van der Waals surface area contributed by atoms with Crippen LogP contribution in [0.5, 0.6) is 5.75 Å². The lowest BCUT2D eigenvalue weighted by Gasteiger charge is -2.20. The molecule has 0 bridgehead atoms. The molecule has 0 spiro atoms. The largest absolute Gasteiger partial charge is 0.484 e. The molecule has 0 radical (unpaired) electrons. The summed E-state index contributed by atoms with van der Waals surface area (Å²) in [6.45, 7) is -0.00176. The van der Waals surface area contributed by atoms with Gasteiger partial charge in [-0.2, -0.15) is 0 Å². The molecular weight excluding hydrogens is 380 g/mol. The average Bonchev–Trinajstić information content (AvgIpc) is 2.73. The second-order valence-electron chi connectivity index (χ2n) is 5.93. The summed E-state index contributed by atoms with van der Waals surface area (Å²) >= 11 is 0. The first-order valence-electron chi connectivity index (χ1n) is 8.46. The van der Waals surface area contributed by atoms with Crippen LogP contribution in [0.1, 0.15) is 11.7 Å². The molecule has 0 aliphatic carbocycles. The second-order valence-corrected chi connectivity index (χ2v) is 7.70. The Balaban J connectivity index is 1.79. The number of nitrogens with zero attached hydrogens (tertiary/aromatic N) is 1. The normalized spacial score (nSPS) is 12.3. The fraction of sp³-hybridized carbons (Fsp3) is 0.100. The van der Waals surface area contributed by atoms with Crippen molar-refractivity contribution in [3.05, 3.63) is 101 Å². The summed E-state index contributed by atoms with van der Waals surface area (Å²) in [5.41, 5.74) is 0.727. The number of ether oxygens (including phenoxy) is 1. The minimum atomic E-state index is -3.69. The molecule has 7 nitrogen and oxygen atoms in total. The van der Waals surface area contributed by atoms with E-state index in [0.29, 0.717) is 5.75 Å². The zero-order chi connectivity index (χ0) is 20.0. The second kappa shape index (κ2) is 8.64. The summed E-state index contributed by atoms with van der Waals surface area (Å²) < 4.78 is 33.5. The standard InChI is InChI=1S/C20H18N2O5S/c23-22(24)17-11-13-18(14-12-17)27-20(16-7-3-1-4-8-16)15-21-28(25,26)19-9-5-2-6-10-19/h1-14,20-21H,15H2. The third kappa shape index (κ3) is 4.93. The zero-order valence-corrected chi connectivity index (χ0v) is 15.6. The Hall–Kier alpha value is -3.23. The first kappa shape index (κ1) is 19.5. The van der Waals surface area contributed by atoms with Gasteiger partial charge in [-0.05, 0) is 29.8 Å². The van der Waals surface area contributed by atoms with Crippen LogP contribution in [-0.2, 0) is 10.0 Å². The van der Waals surface area contributed by atoms with E-state index < -0.39 is 21.1 Å². The van der Waals surface area contributed by atoms with Gasteiger partial charge in [-0.1, -0.05) is 48.5 Å². The third-order valence-corrected chi connectivity index (χ3v) is 5.45. The molecule has 3 rings (SSSR count). The van der Waals surface area contributed by atoms with E-state index in [9.17, 15) is 18.5 Å². The summed E-state index contributed by atoms with van der Waals surface area (Å²) in [4.78, 5) is 10.5. The van der Waals surface area contributed by atoms with Gasteiger partial charge in [0.05, 0.1) is 16.4 Å². The van der Waals surface area contributed by atoms with Gasteiger partial charge in [-0.25, -0.2) is 13.1 Å². The van der Waals surface area contributed by atoms with Crippen LogP contribution in [0.4, 0.5) is 5.69 Å². The Morgan fingerprint density at radius 1 is 0.893 bits per heavy atom. The summed E-state index contributed by atoms with van der Waals surface area (Å²) in [5.74, 6) is 0.401. The van der Waals surface area contributed by atoms with E-state index in [1.165, 1.54) is 36.4 Å². The molecule has 3 aromatic rings. The van der Waals surface area contributed by atoms with E-state index in [1.807, 2.05) is 30.3 Å². The number of sulfonamides is 1. The van der Waals surface area contributed by atoms with Crippen LogP contribution >= 0.6 is 0 Å². The van der Waals surface area contributed by atoms with E-state index in [4.69, 9.17) is 4.74 Å². The van der Waals surface area contributed by atoms with Crippen LogP contribution in [0, 0.1) is 10.1 Å². The molecule has 28 heavy (non-hydrogen) atoms. The molecular formula is C20H18N2O5S. The molecule has 0 saturated heterocycles. The fourth-order valence-corrected chi connectivity index (χ4v) is 3.63. The highest BCUT2D eigenvalue weighted by atomic mass is 32.2. The minimum Gasteiger partial charge on any atom is -0.484 e. The summed E-state index contributed by atoms with van der Waals surface area (Å²) in [6.07, 6.45) is -0.610. The molecule has 1 atom stereocenters. The maximum absolute atomic E-state index is 12.5. The summed E-state index contributed by atoms with van der Waals surface area (Å²) in [7, 11) is -3.69. The van der Waals surface area contributed by atoms with Crippen LogP contribution in [-0.4, -0.2) is 19.9 Å². The summed E-state index contributed by atoms with van der Waals surface area (Å²) in [5, 5.41) is 10.8. The van der Waals surface area contributed by atoms with Gasteiger partial charge >= 0.3 is 0 Å². The van der Waals surface area contributed by atoms with E-state index >= 15 is 0 Å². The molecule has 0 saturated carbocycles. The number of nitro groups is 1. The van der Waals surface area contributed by atoms with Crippen LogP contribution < -0.4 is 9.46 Å². The van der Waals surface area contributed by atoms with Gasteiger partial charge in [0.2, 0.25) is 10.0 Å². The van der Waals surface area contributed by atoms with E-state index in [2.05, 4.69) is 4.72 Å². The third-order valence-electron chi connectivity index (χ3n) is 4.01. The maximum atomic E-state index is 12.5. The van der Waals surface area contributed by atoms with Crippen molar-refractivity contribution >= 4 is 15.7 Å². The molecule has 3 aromatic carbocycles. The predicted octanol–water partition coefficient (Wildman–Crippen LogP) is 3.69. The molecule has 0 aromatic heterocycles. The first-order chi connectivity index (χ1) is 13.5. The SMILES string of the molecule is O=[N+]([O-])c1ccc(OC(CNS(=O)(=O)c2ccccc2)c2ccccc2)cc1. The highest BCUT2D eigenvalue weighted by Gasteiger charge is 2.19. The monoisotopic (exact) mass is 398 g/mol. The molecule has 0 amide bonds. The molecule has 1 unspecified atom stereocenters. The Morgan fingerprint density at radius 2 is 1.46 bits per heavy atom. The number of hydrogen-bond donors (Lipinski definition) is 1. The van der Waals surface area contributed by atoms with Crippen molar-refractivity contribution < 1.29 is 18.1 Å². The van der Waals surface area contributed by atoms with Gasteiger partial charge in [0.15, 0.2) is 0 Å². The molecule has 8 heteroatoms. The molecule has 0 aliphatic rings. The zero-order valence-electron chi connectivity index (χ0n) is 14.8. The van der Waals surface area contributed by atoms with E-state index in [0.717, 1.165) is 5.56 Å². The van der Waals surface area contributed by atoms with Crippen LogP contribution in [0.25, 0.3) is 0 Å². The van der Waals surface area contributed by atoms with Crippen molar-refractivity contribution in [1.29, 1.82) is 0 Å². The Bertz CT molecular complexity index is 1020. The van der Waals surface area contributed by atoms with Gasteiger partial charge in [-0.15, -0.1) is 0 Å². The van der Waals surface area contributed by atoms with Gasteiger partial charge in [-0.3, -0.25) is 10.1 Å². The highest BCUT2D eigenvalue weighted by Crippen LogP contribution is 2.24. The maximum Gasteiger partial charge on any atom is 0.269 e. The van der Waals surface area contributed by atoms with Crippen LogP contribution in [0.3, 0.4) is 0 Å². The molecule has 0 heterocycles. The number of nitro benzene ring substituents is 1. The van der Waals surface area contributed by atoms with E-state index in [1.54, 1.807) is 18.2 Å². The smallest absolute Gasteiger partial charge is 0.269 e. The lowest BCUT2D eigenvalue weighted by Crippen LogP contribution is -2.30. The van der Waals surface area contributed by atoms with Gasteiger partial charge in [0.25, 0.3) is 5.69 Å². The molecule has 144 valence electrons. The quantitative estimate of drug-likeness (QED) is 0.461. The van der Waals surface area contributed by atoms with Crippen molar-refractivity contribution in [3.8, 4) is 5.75 Å². The van der Waals surface area contributed by atoms with Gasteiger partial charge in [0, 0.05) is 12.1 Å². The molecule has 1 N–H and O–H groups in total. The van der Waals surface area contributed by atoms with Crippen LogP contribution in [0.2, 0.25) is 0 Å². The van der Waals surface area contributed by atoms with Gasteiger partial charge < -0.3 is 4.74 Å². The Morgan fingerprint density at radius 3 is 2.04 bits per heavy atom. The Labute approximate surface area is 162 Å². The highest BCUT2D eigenvalue weighted by molar-refractivity contribution is 7.89. The number of benzene rings is 3. The fourth-order valence-electron chi connectivity index (χ4n) is 2.57. The van der Waals surface area contributed by atoms with Crippen molar-refractivity contribution in [2.45, 2.75) is 11.0 Å². The average molecular weight is 398 g/mol. The van der Waals surface area contributed by atoms with Crippen molar-refractivity contribution in [3.63, 3.8) is 0 Å². The number of rotatable bonds is 8. The number of nitrogens with one attached hydrogen (secondary N) is 1. The van der Waals surface area contributed by atoms with E-state index in [-0.39, 0.29) is 17.1 Å².